The van der Waals surface area contributed by atoms with Gasteiger partial charge in [0.2, 0.25) is 0 Å². The Bertz CT molecular complexity index is 554. The van der Waals surface area contributed by atoms with Crippen molar-refractivity contribution in [2.45, 2.75) is 38.7 Å². The molecule has 1 fully saturated rings. The number of nitrogens with zero attached hydrogens (tertiary/aromatic N) is 1. The van der Waals surface area contributed by atoms with Gasteiger partial charge in [-0.15, -0.1) is 0 Å². The first-order valence-corrected chi connectivity index (χ1v) is 7.12. The van der Waals surface area contributed by atoms with Gasteiger partial charge in [-0.1, -0.05) is 17.7 Å². The van der Waals surface area contributed by atoms with Crippen LogP contribution in [0.1, 0.15) is 31.9 Å². The van der Waals surface area contributed by atoms with E-state index in [2.05, 4.69) is 30.4 Å². The number of nitrogens with one attached hydrogen (secondary N) is 1. The average molecular weight is 274 g/mol. The number of amides is 1. The molecular weight excluding hydrogens is 252 g/mol. The minimum absolute atomic E-state index is 0.0816. The van der Waals surface area contributed by atoms with Gasteiger partial charge in [-0.05, 0) is 39.3 Å². The first-order valence-electron chi connectivity index (χ1n) is 7.12. The molecule has 0 atom stereocenters. The highest BCUT2D eigenvalue weighted by Crippen LogP contribution is 2.43. The van der Waals surface area contributed by atoms with E-state index >= 15 is 0 Å². The molecule has 4 nitrogen and oxygen atoms in total. The molecule has 1 aromatic rings. The van der Waals surface area contributed by atoms with Gasteiger partial charge in [-0.2, -0.15) is 0 Å². The minimum Gasteiger partial charge on any atom is -0.444 e. The molecular formula is C16H22N2O2. The first-order chi connectivity index (χ1) is 9.29. The standard InChI is InChI=1S/C16H22N2O2/c1-11-5-6-13-12(7-11)16(8-17-13)9-18(10-16)14(19)20-15(2,3)4/h5-7,17H,8-10H2,1-4H3. The number of hydrogen-bond acceptors (Lipinski definition) is 3. The number of aryl methyl sites for hydroxylation is 1. The molecule has 1 saturated heterocycles. The fourth-order valence-corrected chi connectivity index (χ4v) is 3.03. The summed E-state index contributed by atoms with van der Waals surface area (Å²) in [6.07, 6.45) is -0.204. The lowest BCUT2D eigenvalue weighted by Crippen LogP contribution is -2.62. The van der Waals surface area contributed by atoms with E-state index in [1.807, 2.05) is 20.8 Å². The zero-order valence-corrected chi connectivity index (χ0v) is 12.6. The summed E-state index contributed by atoms with van der Waals surface area (Å²) in [7, 11) is 0. The first kappa shape index (κ1) is 13.3. The molecule has 1 N–H and O–H groups in total. The summed E-state index contributed by atoms with van der Waals surface area (Å²) in [4.78, 5) is 13.8. The van der Waals surface area contributed by atoms with Crippen molar-refractivity contribution in [1.82, 2.24) is 4.90 Å². The predicted octanol–water partition coefficient (Wildman–Crippen LogP) is 2.91. The predicted molar refractivity (Wildman–Crippen MR) is 79.2 cm³/mol. The van der Waals surface area contributed by atoms with Gasteiger partial charge in [0.25, 0.3) is 0 Å². The van der Waals surface area contributed by atoms with Crippen LogP contribution in [-0.4, -0.2) is 36.2 Å². The lowest BCUT2D eigenvalue weighted by Gasteiger charge is -2.47. The maximum absolute atomic E-state index is 12.0. The van der Waals surface area contributed by atoms with Crippen LogP contribution in [0.2, 0.25) is 0 Å². The number of benzene rings is 1. The van der Waals surface area contributed by atoms with E-state index in [0.29, 0.717) is 0 Å². The molecule has 0 radical (unpaired) electrons. The molecule has 1 spiro atoms. The lowest BCUT2D eigenvalue weighted by molar-refractivity contribution is -0.00628. The molecule has 2 aliphatic heterocycles. The number of hydrogen-bond donors (Lipinski definition) is 1. The van der Waals surface area contributed by atoms with Crippen molar-refractivity contribution >= 4 is 11.8 Å². The summed E-state index contributed by atoms with van der Waals surface area (Å²) >= 11 is 0. The smallest absolute Gasteiger partial charge is 0.410 e. The van der Waals surface area contributed by atoms with E-state index in [9.17, 15) is 4.79 Å². The third-order valence-electron chi connectivity index (χ3n) is 4.00. The largest absolute Gasteiger partial charge is 0.444 e. The second-order valence-corrected chi connectivity index (χ2v) is 7.02. The van der Waals surface area contributed by atoms with Gasteiger partial charge >= 0.3 is 6.09 Å². The number of carbonyl (C=O) groups is 1. The van der Waals surface area contributed by atoms with Crippen LogP contribution in [0.15, 0.2) is 18.2 Å². The van der Waals surface area contributed by atoms with E-state index in [4.69, 9.17) is 4.74 Å². The van der Waals surface area contributed by atoms with E-state index in [-0.39, 0.29) is 11.5 Å². The molecule has 2 aliphatic rings. The topological polar surface area (TPSA) is 41.6 Å². The summed E-state index contributed by atoms with van der Waals surface area (Å²) in [5.41, 5.74) is 3.47. The third-order valence-corrected chi connectivity index (χ3v) is 4.00. The molecule has 2 heterocycles. The maximum atomic E-state index is 12.0. The van der Waals surface area contributed by atoms with Crippen LogP contribution in [0.4, 0.5) is 10.5 Å². The van der Waals surface area contributed by atoms with Crippen LogP contribution in [0.5, 0.6) is 0 Å². The van der Waals surface area contributed by atoms with Crippen molar-refractivity contribution in [3.8, 4) is 0 Å². The van der Waals surface area contributed by atoms with E-state index in [0.717, 1.165) is 19.6 Å². The Labute approximate surface area is 120 Å². The Balaban J connectivity index is 1.72. The maximum Gasteiger partial charge on any atom is 0.410 e. The van der Waals surface area contributed by atoms with Crippen LogP contribution in [0.25, 0.3) is 0 Å². The highest BCUT2D eigenvalue weighted by Gasteiger charge is 2.51. The van der Waals surface area contributed by atoms with Gasteiger partial charge in [-0.3, -0.25) is 0 Å². The van der Waals surface area contributed by atoms with Crippen LogP contribution in [0.3, 0.4) is 0 Å². The van der Waals surface area contributed by atoms with Crippen LogP contribution in [-0.2, 0) is 10.2 Å². The van der Waals surface area contributed by atoms with Gasteiger partial charge < -0.3 is 15.0 Å². The summed E-state index contributed by atoms with van der Waals surface area (Å²) in [5.74, 6) is 0. The second kappa shape index (κ2) is 4.14. The Kier molecular flexibility index (Phi) is 2.75. The average Bonchev–Trinajstić information content (AvgIpc) is 2.63. The molecule has 0 aliphatic carbocycles. The third kappa shape index (κ3) is 2.13. The van der Waals surface area contributed by atoms with Gasteiger partial charge in [-0.25, -0.2) is 4.79 Å². The van der Waals surface area contributed by atoms with Crippen LogP contribution >= 0.6 is 0 Å². The number of likely N-dealkylation sites (tertiary alicyclic amines) is 1. The molecule has 1 amide bonds. The summed E-state index contributed by atoms with van der Waals surface area (Å²) in [6, 6.07) is 6.49. The minimum atomic E-state index is -0.428. The van der Waals surface area contributed by atoms with Crippen LogP contribution in [0, 0.1) is 6.92 Å². The number of anilines is 1. The van der Waals surface area contributed by atoms with Crippen molar-refractivity contribution in [3.63, 3.8) is 0 Å². The normalized spacial score (nSPS) is 19.3. The zero-order chi connectivity index (χ0) is 14.5. The number of rotatable bonds is 0. The number of carbonyl (C=O) groups excluding carboxylic acids is 1. The Morgan fingerprint density at radius 3 is 2.70 bits per heavy atom. The molecule has 4 heteroatoms. The SMILES string of the molecule is Cc1ccc2c(c1)C1(CN2)CN(C(=O)OC(C)(C)C)C1. The molecule has 108 valence electrons. The van der Waals surface area contributed by atoms with Crippen molar-refractivity contribution in [1.29, 1.82) is 0 Å². The van der Waals surface area contributed by atoms with E-state index < -0.39 is 5.60 Å². The molecule has 0 aromatic heterocycles. The second-order valence-electron chi connectivity index (χ2n) is 7.02. The summed E-state index contributed by atoms with van der Waals surface area (Å²) in [6.45, 7) is 10.2. The Morgan fingerprint density at radius 2 is 2.05 bits per heavy atom. The van der Waals surface area contributed by atoms with Gasteiger partial charge in [0.05, 0.1) is 5.41 Å². The highest BCUT2D eigenvalue weighted by atomic mass is 16.6. The fourth-order valence-electron chi connectivity index (χ4n) is 3.03. The summed E-state index contributed by atoms with van der Waals surface area (Å²) < 4.78 is 5.42. The van der Waals surface area contributed by atoms with E-state index in [1.54, 1.807) is 4.90 Å². The molecule has 3 rings (SSSR count). The summed E-state index contributed by atoms with van der Waals surface area (Å²) in [5, 5.41) is 3.45. The van der Waals surface area contributed by atoms with Crippen molar-refractivity contribution in [2.75, 3.05) is 25.0 Å². The van der Waals surface area contributed by atoms with Crippen molar-refractivity contribution in [3.05, 3.63) is 29.3 Å². The molecule has 1 aromatic carbocycles. The quantitative estimate of drug-likeness (QED) is 0.791. The Hall–Kier alpha value is -1.71. The van der Waals surface area contributed by atoms with E-state index in [1.165, 1.54) is 16.8 Å². The molecule has 0 unspecified atom stereocenters. The monoisotopic (exact) mass is 274 g/mol. The molecule has 0 saturated carbocycles. The lowest BCUT2D eigenvalue weighted by atomic mass is 9.75. The molecule has 20 heavy (non-hydrogen) atoms. The molecule has 0 bridgehead atoms. The van der Waals surface area contributed by atoms with Crippen LogP contribution < -0.4 is 5.32 Å². The van der Waals surface area contributed by atoms with Gasteiger partial charge in [0.15, 0.2) is 0 Å². The highest BCUT2D eigenvalue weighted by molar-refractivity contribution is 5.72. The Morgan fingerprint density at radius 1 is 1.35 bits per heavy atom. The zero-order valence-electron chi connectivity index (χ0n) is 12.6. The van der Waals surface area contributed by atoms with Crippen molar-refractivity contribution in [2.24, 2.45) is 0 Å². The number of fused-ring (bicyclic) bond motifs is 2. The van der Waals surface area contributed by atoms with Gasteiger partial charge in [0, 0.05) is 25.3 Å². The van der Waals surface area contributed by atoms with Gasteiger partial charge in [0.1, 0.15) is 5.60 Å². The fraction of sp³-hybridized carbons (Fsp3) is 0.562. The van der Waals surface area contributed by atoms with Crippen molar-refractivity contribution < 1.29 is 9.53 Å². The number of ether oxygens (including phenoxy) is 1.